The van der Waals surface area contributed by atoms with Crippen LogP contribution in [0.2, 0.25) is 10.0 Å². The van der Waals surface area contributed by atoms with Crippen LogP contribution in [-0.2, 0) is 0 Å². The molecular formula is C13H8Cl2FNO. The van der Waals surface area contributed by atoms with Crippen LogP contribution in [0.1, 0.15) is 15.9 Å². The number of halogens is 3. The van der Waals surface area contributed by atoms with Gasteiger partial charge in [-0.15, -0.1) is 0 Å². The van der Waals surface area contributed by atoms with E-state index in [0.717, 1.165) is 6.07 Å². The molecule has 0 radical (unpaired) electrons. The fourth-order valence-electron chi connectivity index (χ4n) is 1.49. The lowest BCUT2D eigenvalue weighted by Crippen LogP contribution is -2.03. The minimum Gasteiger partial charge on any atom is -0.396 e. The molecule has 2 rings (SSSR count). The molecule has 0 fully saturated rings. The van der Waals surface area contributed by atoms with E-state index in [4.69, 9.17) is 28.9 Å². The van der Waals surface area contributed by atoms with Crippen LogP contribution in [0.3, 0.4) is 0 Å². The lowest BCUT2D eigenvalue weighted by atomic mass is 10.0. The molecule has 0 aliphatic heterocycles. The Morgan fingerprint density at radius 2 is 1.61 bits per heavy atom. The van der Waals surface area contributed by atoms with Gasteiger partial charge in [-0.3, -0.25) is 4.79 Å². The van der Waals surface area contributed by atoms with Crippen molar-refractivity contribution in [3.05, 3.63) is 63.4 Å². The highest BCUT2D eigenvalue weighted by molar-refractivity contribution is 6.42. The molecule has 0 saturated heterocycles. The molecule has 0 aromatic heterocycles. The number of nitrogens with two attached hydrogens (primary N) is 1. The fourth-order valence-corrected chi connectivity index (χ4v) is 1.79. The Morgan fingerprint density at radius 1 is 1.00 bits per heavy atom. The first-order valence-electron chi connectivity index (χ1n) is 5.04. The van der Waals surface area contributed by atoms with Gasteiger partial charge in [0.1, 0.15) is 5.82 Å². The van der Waals surface area contributed by atoms with Crippen molar-refractivity contribution in [2.45, 2.75) is 0 Å². The smallest absolute Gasteiger partial charge is 0.193 e. The Kier molecular flexibility index (Phi) is 3.55. The van der Waals surface area contributed by atoms with E-state index in [1.807, 2.05) is 0 Å². The van der Waals surface area contributed by atoms with Crippen LogP contribution in [0.25, 0.3) is 0 Å². The summed E-state index contributed by atoms with van der Waals surface area (Å²) in [4.78, 5) is 12.1. The second kappa shape index (κ2) is 4.96. The second-order valence-corrected chi connectivity index (χ2v) is 4.51. The van der Waals surface area contributed by atoms with Crippen LogP contribution >= 0.6 is 23.2 Å². The van der Waals surface area contributed by atoms with Crippen LogP contribution in [0.15, 0.2) is 36.4 Å². The van der Waals surface area contributed by atoms with Crippen molar-refractivity contribution in [2.75, 3.05) is 5.73 Å². The van der Waals surface area contributed by atoms with E-state index < -0.39 is 5.82 Å². The van der Waals surface area contributed by atoms with Gasteiger partial charge in [0.25, 0.3) is 0 Å². The highest BCUT2D eigenvalue weighted by Crippen LogP contribution is 2.24. The lowest BCUT2D eigenvalue weighted by molar-refractivity contribution is 0.103. The highest BCUT2D eigenvalue weighted by Gasteiger charge is 2.12. The molecule has 2 nitrogen and oxygen atoms in total. The first-order chi connectivity index (χ1) is 8.49. The van der Waals surface area contributed by atoms with E-state index in [1.165, 1.54) is 24.3 Å². The monoisotopic (exact) mass is 283 g/mol. The first-order valence-corrected chi connectivity index (χ1v) is 5.79. The topological polar surface area (TPSA) is 43.1 Å². The first kappa shape index (κ1) is 12.9. The molecule has 18 heavy (non-hydrogen) atoms. The molecule has 0 spiro atoms. The molecule has 0 amide bonds. The summed E-state index contributed by atoms with van der Waals surface area (Å²) in [5, 5.41) is 0.657. The van der Waals surface area contributed by atoms with Gasteiger partial charge in [0.2, 0.25) is 0 Å². The summed E-state index contributed by atoms with van der Waals surface area (Å²) >= 11 is 11.6. The number of nitrogen functional groups attached to an aromatic ring is 1. The van der Waals surface area contributed by atoms with Crippen molar-refractivity contribution >= 4 is 34.7 Å². The van der Waals surface area contributed by atoms with Gasteiger partial charge < -0.3 is 5.73 Å². The van der Waals surface area contributed by atoms with Gasteiger partial charge in [-0.2, -0.15) is 0 Å². The summed E-state index contributed by atoms with van der Waals surface area (Å²) in [6.07, 6.45) is 0. The number of anilines is 1. The molecule has 0 heterocycles. The summed E-state index contributed by atoms with van der Waals surface area (Å²) in [5.74, 6) is -0.846. The molecule has 5 heteroatoms. The predicted octanol–water partition coefficient (Wildman–Crippen LogP) is 3.95. The average molecular weight is 284 g/mol. The minimum absolute atomic E-state index is 0.0686. The van der Waals surface area contributed by atoms with Crippen molar-refractivity contribution < 1.29 is 9.18 Å². The van der Waals surface area contributed by atoms with Crippen LogP contribution in [0.4, 0.5) is 10.1 Å². The largest absolute Gasteiger partial charge is 0.396 e. The third-order valence-electron chi connectivity index (χ3n) is 2.44. The number of hydrogen-bond donors (Lipinski definition) is 1. The van der Waals surface area contributed by atoms with E-state index in [0.29, 0.717) is 16.1 Å². The summed E-state index contributed by atoms with van der Waals surface area (Å²) in [5.41, 5.74) is 6.02. The summed E-state index contributed by atoms with van der Waals surface area (Å²) in [7, 11) is 0. The molecule has 2 aromatic carbocycles. The fraction of sp³-hybridized carbons (Fsp3) is 0. The van der Waals surface area contributed by atoms with Crippen molar-refractivity contribution in [2.24, 2.45) is 0 Å². The third kappa shape index (κ3) is 2.47. The maximum atomic E-state index is 13.0. The zero-order chi connectivity index (χ0) is 13.3. The van der Waals surface area contributed by atoms with Crippen molar-refractivity contribution in [1.82, 2.24) is 0 Å². The van der Waals surface area contributed by atoms with Crippen molar-refractivity contribution in [3.8, 4) is 0 Å². The molecule has 92 valence electrons. The van der Waals surface area contributed by atoms with E-state index in [9.17, 15) is 9.18 Å². The number of carbonyl (C=O) groups excluding carboxylic acids is 1. The van der Waals surface area contributed by atoms with Gasteiger partial charge in [-0.25, -0.2) is 4.39 Å². The Morgan fingerprint density at radius 3 is 2.22 bits per heavy atom. The Labute approximate surface area is 113 Å². The lowest BCUT2D eigenvalue weighted by Gasteiger charge is -2.04. The van der Waals surface area contributed by atoms with Gasteiger partial charge in [-0.1, -0.05) is 23.2 Å². The number of benzene rings is 2. The van der Waals surface area contributed by atoms with Gasteiger partial charge in [0, 0.05) is 11.1 Å². The van der Waals surface area contributed by atoms with E-state index in [2.05, 4.69) is 0 Å². The summed E-state index contributed by atoms with van der Waals surface area (Å²) in [6, 6.07) is 8.36. The molecule has 0 aliphatic rings. The molecule has 2 N–H and O–H groups in total. The number of hydrogen-bond acceptors (Lipinski definition) is 2. The van der Waals surface area contributed by atoms with Crippen LogP contribution in [0, 0.1) is 5.82 Å². The highest BCUT2D eigenvalue weighted by atomic mass is 35.5. The standard InChI is InChI=1S/C13H8Cl2FNO/c14-9-3-1-7(5-10(9)15)13(18)8-2-4-11(16)12(17)6-8/h1-6H,17H2. The Bertz CT molecular complexity index is 575. The minimum atomic E-state index is -0.555. The van der Waals surface area contributed by atoms with E-state index >= 15 is 0 Å². The molecule has 0 atom stereocenters. The normalized spacial score (nSPS) is 10.4. The Hall–Kier alpha value is -1.58. The van der Waals surface area contributed by atoms with Crippen molar-refractivity contribution in [1.29, 1.82) is 0 Å². The predicted molar refractivity (Wildman–Crippen MR) is 70.7 cm³/mol. The van der Waals surface area contributed by atoms with E-state index in [-0.39, 0.29) is 16.5 Å². The quantitative estimate of drug-likeness (QED) is 0.670. The van der Waals surface area contributed by atoms with Gasteiger partial charge in [0.15, 0.2) is 5.78 Å². The molecule has 0 bridgehead atoms. The zero-order valence-corrected chi connectivity index (χ0v) is 10.6. The summed E-state index contributed by atoms with van der Waals surface area (Å²) in [6.45, 7) is 0. The number of rotatable bonds is 2. The maximum absolute atomic E-state index is 13.0. The second-order valence-electron chi connectivity index (χ2n) is 3.69. The SMILES string of the molecule is Nc1cc(C(=O)c2ccc(Cl)c(Cl)c2)ccc1F. The average Bonchev–Trinajstić information content (AvgIpc) is 2.35. The van der Waals surface area contributed by atoms with Crippen LogP contribution in [0.5, 0.6) is 0 Å². The molecule has 2 aromatic rings. The third-order valence-corrected chi connectivity index (χ3v) is 3.18. The maximum Gasteiger partial charge on any atom is 0.193 e. The Balaban J connectivity index is 2.41. The van der Waals surface area contributed by atoms with Crippen LogP contribution < -0.4 is 5.73 Å². The molecule has 0 aliphatic carbocycles. The van der Waals surface area contributed by atoms with Crippen molar-refractivity contribution in [3.63, 3.8) is 0 Å². The van der Waals surface area contributed by atoms with Gasteiger partial charge in [0.05, 0.1) is 15.7 Å². The summed E-state index contributed by atoms with van der Waals surface area (Å²) < 4.78 is 13.0. The molecular weight excluding hydrogens is 276 g/mol. The van der Waals surface area contributed by atoms with E-state index in [1.54, 1.807) is 6.07 Å². The van der Waals surface area contributed by atoms with Crippen LogP contribution in [-0.4, -0.2) is 5.78 Å². The zero-order valence-electron chi connectivity index (χ0n) is 9.08. The molecule has 0 saturated carbocycles. The number of ketones is 1. The molecule has 0 unspecified atom stereocenters. The van der Waals surface area contributed by atoms with Gasteiger partial charge >= 0.3 is 0 Å². The number of carbonyl (C=O) groups is 1. The van der Waals surface area contributed by atoms with Gasteiger partial charge in [-0.05, 0) is 36.4 Å².